The van der Waals surface area contributed by atoms with Crippen LogP contribution in [0.1, 0.15) is 72.6 Å². The molecule has 0 aromatic heterocycles. The van der Waals surface area contributed by atoms with Gasteiger partial charge in [-0.2, -0.15) is 0 Å². The molecule has 0 amide bonds. The summed E-state index contributed by atoms with van der Waals surface area (Å²) < 4.78 is 7.20. The fraction of sp³-hybridized carbons (Fsp3) is 0.538. The molecule has 160 valence electrons. The summed E-state index contributed by atoms with van der Waals surface area (Å²) in [5, 5.41) is 12.4. The molecule has 0 aliphatic carbocycles. The van der Waals surface area contributed by atoms with Crippen molar-refractivity contribution in [3.63, 3.8) is 0 Å². The van der Waals surface area contributed by atoms with Crippen LogP contribution >= 0.6 is 0 Å². The van der Waals surface area contributed by atoms with E-state index in [2.05, 4.69) is 88.4 Å². The largest absolute Gasteiger partial charge is 0.404 e. The van der Waals surface area contributed by atoms with Gasteiger partial charge >= 0.3 is 0 Å². The summed E-state index contributed by atoms with van der Waals surface area (Å²) in [5.74, 6) is 0. The van der Waals surface area contributed by atoms with Crippen LogP contribution in [-0.4, -0.2) is 26.1 Å². The molecule has 0 fully saturated rings. The SMILES string of the molecule is CCCCCCC[C@@H](CCO)O[Si](c1ccccc1)(c1ccccc1)C(C)(C)C. The van der Waals surface area contributed by atoms with Crippen LogP contribution < -0.4 is 10.4 Å². The molecule has 29 heavy (non-hydrogen) atoms. The Morgan fingerprint density at radius 3 is 1.76 bits per heavy atom. The first-order valence-electron chi connectivity index (χ1n) is 11.4. The number of rotatable bonds is 12. The number of hydrogen-bond donors (Lipinski definition) is 1. The molecule has 0 saturated carbocycles. The average molecular weight is 413 g/mol. The molecule has 0 radical (unpaired) electrons. The van der Waals surface area contributed by atoms with Crippen LogP contribution in [0.25, 0.3) is 0 Å². The fourth-order valence-electron chi connectivity index (χ4n) is 4.32. The van der Waals surface area contributed by atoms with Crippen LogP contribution in [0.2, 0.25) is 5.04 Å². The Morgan fingerprint density at radius 1 is 0.793 bits per heavy atom. The zero-order valence-corrected chi connectivity index (χ0v) is 19.9. The Balaban J connectivity index is 2.40. The number of hydrogen-bond acceptors (Lipinski definition) is 2. The lowest BCUT2D eigenvalue weighted by atomic mass is 10.1. The van der Waals surface area contributed by atoms with Gasteiger partial charge in [-0.3, -0.25) is 0 Å². The molecule has 0 unspecified atom stereocenters. The minimum Gasteiger partial charge on any atom is -0.404 e. The number of aliphatic hydroxyl groups excluding tert-OH is 1. The van der Waals surface area contributed by atoms with E-state index in [1.165, 1.54) is 42.5 Å². The molecule has 0 aliphatic heterocycles. The van der Waals surface area contributed by atoms with Crippen LogP contribution in [0.5, 0.6) is 0 Å². The molecular weight excluding hydrogens is 372 g/mol. The van der Waals surface area contributed by atoms with E-state index >= 15 is 0 Å². The fourth-order valence-corrected chi connectivity index (χ4v) is 9.07. The first kappa shape index (κ1) is 23.9. The van der Waals surface area contributed by atoms with Crippen molar-refractivity contribution >= 4 is 18.7 Å². The zero-order valence-electron chi connectivity index (χ0n) is 18.9. The molecule has 0 saturated heterocycles. The normalized spacial score (nSPS) is 13.4. The van der Waals surface area contributed by atoms with Crippen molar-refractivity contribution in [2.45, 2.75) is 83.8 Å². The molecule has 1 atom stereocenters. The van der Waals surface area contributed by atoms with E-state index in [-0.39, 0.29) is 17.7 Å². The highest BCUT2D eigenvalue weighted by atomic mass is 28.4. The maximum absolute atomic E-state index is 9.75. The predicted octanol–water partition coefficient (Wildman–Crippen LogP) is 5.67. The molecule has 2 aromatic carbocycles. The van der Waals surface area contributed by atoms with Gasteiger partial charge in [-0.05, 0) is 28.3 Å². The van der Waals surface area contributed by atoms with Gasteiger partial charge in [0.05, 0.1) is 0 Å². The summed E-state index contributed by atoms with van der Waals surface area (Å²) in [6, 6.07) is 21.6. The van der Waals surface area contributed by atoms with E-state index in [0.29, 0.717) is 6.42 Å². The van der Waals surface area contributed by atoms with Gasteiger partial charge in [-0.15, -0.1) is 0 Å². The van der Waals surface area contributed by atoms with Crippen molar-refractivity contribution in [1.29, 1.82) is 0 Å². The number of aliphatic hydroxyl groups is 1. The average Bonchev–Trinajstić information content (AvgIpc) is 2.72. The second-order valence-corrected chi connectivity index (χ2v) is 13.4. The monoisotopic (exact) mass is 412 g/mol. The van der Waals surface area contributed by atoms with Gasteiger partial charge in [0.1, 0.15) is 0 Å². The predicted molar refractivity (Wildman–Crippen MR) is 128 cm³/mol. The van der Waals surface area contributed by atoms with Gasteiger partial charge < -0.3 is 9.53 Å². The molecule has 2 rings (SSSR count). The van der Waals surface area contributed by atoms with Gasteiger partial charge in [0.2, 0.25) is 0 Å². The van der Waals surface area contributed by atoms with E-state index in [1.54, 1.807) is 0 Å². The standard InChI is InChI=1S/C26H40O2Si/c1-5-6-7-8-11-16-23(21-22-27)28-29(26(2,3)4,24-17-12-9-13-18-24)25-19-14-10-15-20-25/h9-10,12-15,17-20,23,27H,5-8,11,16,21-22H2,1-4H3/t23-/m0/s1. The van der Waals surface area contributed by atoms with E-state index < -0.39 is 8.32 Å². The van der Waals surface area contributed by atoms with Crippen molar-refractivity contribution in [2.75, 3.05) is 6.61 Å². The smallest absolute Gasteiger partial charge is 0.261 e. The lowest BCUT2D eigenvalue weighted by Crippen LogP contribution is -2.67. The second kappa shape index (κ2) is 11.7. The topological polar surface area (TPSA) is 29.5 Å². The Kier molecular flexibility index (Phi) is 9.61. The van der Waals surface area contributed by atoms with Gasteiger partial charge in [0.15, 0.2) is 0 Å². The third-order valence-corrected chi connectivity index (χ3v) is 10.9. The summed E-state index contributed by atoms with van der Waals surface area (Å²) in [6.07, 6.45) is 8.10. The summed E-state index contributed by atoms with van der Waals surface area (Å²) >= 11 is 0. The van der Waals surface area contributed by atoms with E-state index in [0.717, 1.165) is 6.42 Å². The molecule has 0 spiro atoms. The zero-order chi connectivity index (χ0) is 21.2. The van der Waals surface area contributed by atoms with Gasteiger partial charge in [0.25, 0.3) is 8.32 Å². The molecule has 3 heteroatoms. The van der Waals surface area contributed by atoms with Crippen LogP contribution in [0.4, 0.5) is 0 Å². The van der Waals surface area contributed by atoms with Crippen molar-refractivity contribution < 1.29 is 9.53 Å². The number of benzene rings is 2. The highest BCUT2D eigenvalue weighted by Gasteiger charge is 2.51. The molecular formula is C26H40O2Si. The van der Waals surface area contributed by atoms with Crippen molar-refractivity contribution in [3.8, 4) is 0 Å². The maximum atomic E-state index is 9.75. The van der Waals surface area contributed by atoms with Crippen molar-refractivity contribution in [1.82, 2.24) is 0 Å². The quantitative estimate of drug-likeness (QED) is 0.359. The van der Waals surface area contributed by atoms with Crippen molar-refractivity contribution in [3.05, 3.63) is 60.7 Å². The van der Waals surface area contributed by atoms with Crippen LogP contribution in [0.3, 0.4) is 0 Å². The van der Waals surface area contributed by atoms with E-state index in [4.69, 9.17) is 4.43 Å². The summed E-state index contributed by atoms with van der Waals surface area (Å²) in [7, 11) is -2.54. The minimum atomic E-state index is -2.54. The lowest BCUT2D eigenvalue weighted by molar-refractivity contribution is 0.133. The van der Waals surface area contributed by atoms with Gasteiger partial charge in [-0.1, -0.05) is 120 Å². The van der Waals surface area contributed by atoms with Crippen LogP contribution in [0, 0.1) is 0 Å². The molecule has 0 heterocycles. The highest BCUT2D eigenvalue weighted by Crippen LogP contribution is 2.38. The Hall–Kier alpha value is -1.42. The minimum absolute atomic E-state index is 0.0222. The molecule has 0 aliphatic rings. The maximum Gasteiger partial charge on any atom is 0.261 e. The second-order valence-electron chi connectivity index (χ2n) is 9.12. The molecule has 0 bridgehead atoms. The Bertz CT molecular complexity index is 639. The summed E-state index contributed by atoms with van der Waals surface area (Å²) in [4.78, 5) is 0. The molecule has 2 nitrogen and oxygen atoms in total. The molecule has 2 aromatic rings. The summed E-state index contributed by atoms with van der Waals surface area (Å²) in [5.41, 5.74) is 0. The van der Waals surface area contributed by atoms with E-state index in [1.807, 2.05) is 0 Å². The van der Waals surface area contributed by atoms with Crippen LogP contribution in [0.15, 0.2) is 60.7 Å². The van der Waals surface area contributed by atoms with Crippen molar-refractivity contribution in [2.24, 2.45) is 0 Å². The third-order valence-electron chi connectivity index (χ3n) is 5.84. The van der Waals surface area contributed by atoms with Gasteiger partial charge in [0, 0.05) is 12.7 Å². The molecule has 1 N–H and O–H groups in total. The summed E-state index contributed by atoms with van der Waals surface area (Å²) in [6.45, 7) is 9.38. The Morgan fingerprint density at radius 2 is 1.31 bits per heavy atom. The first-order valence-corrected chi connectivity index (χ1v) is 13.3. The Labute approximate surface area is 179 Å². The lowest BCUT2D eigenvalue weighted by Gasteiger charge is -2.45. The van der Waals surface area contributed by atoms with E-state index in [9.17, 15) is 5.11 Å². The highest BCUT2D eigenvalue weighted by molar-refractivity contribution is 6.99. The van der Waals surface area contributed by atoms with Gasteiger partial charge in [-0.25, -0.2) is 0 Å². The number of unbranched alkanes of at least 4 members (excludes halogenated alkanes) is 4. The van der Waals surface area contributed by atoms with Crippen LogP contribution in [-0.2, 0) is 4.43 Å². The first-order chi connectivity index (χ1) is 14.0. The third kappa shape index (κ3) is 6.28.